The predicted molar refractivity (Wildman–Crippen MR) is 74.0 cm³/mol. The van der Waals surface area contributed by atoms with Gasteiger partial charge >= 0.3 is 12.1 Å². The lowest BCUT2D eigenvalue weighted by Crippen LogP contribution is -2.16. The molecule has 1 rings (SSSR count). The van der Waals surface area contributed by atoms with Gasteiger partial charge in [-0.2, -0.15) is 5.10 Å². The van der Waals surface area contributed by atoms with Crippen molar-refractivity contribution in [1.29, 1.82) is 0 Å². The number of methoxy groups -OCH3 is 3. The number of benzene rings is 1. The molecule has 114 valence electrons. The van der Waals surface area contributed by atoms with Crippen molar-refractivity contribution < 1.29 is 28.5 Å². The Morgan fingerprint density at radius 3 is 2.14 bits per heavy atom. The second-order valence-electron chi connectivity index (χ2n) is 3.71. The Kier molecular flexibility index (Phi) is 5.99. The maximum absolute atomic E-state index is 11.1. The largest absolute Gasteiger partial charge is 0.493 e. The summed E-state index contributed by atoms with van der Waals surface area (Å²) in [6.45, 7) is 1.27. The molecule has 0 spiro atoms. The second kappa shape index (κ2) is 7.73. The molecule has 0 aromatic heterocycles. The maximum atomic E-state index is 11.1. The molecule has 1 N–H and O–H groups in total. The summed E-state index contributed by atoms with van der Waals surface area (Å²) in [6, 6.07) is 3.15. The molecule has 0 aliphatic heterocycles. The summed E-state index contributed by atoms with van der Waals surface area (Å²) in [4.78, 5) is 22.0. The molecule has 0 saturated carbocycles. The van der Waals surface area contributed by atoms with E-state index in [0.29, 0.717) is 17.1 Å². The van der Waals surface area contributed by atoms with Crippen LogP contribution in [0.5, 0.6) is 17.2 Å². The van der Waals surface area contributed by atoms with E-state index in [9.17, 15) is 9.59 Å². The molecule has 0 radical (unpaired) electrons. The first-order valence-electron chi connectivity index (χ1n) is 5.83. The fourth-order valence-corrected chi connectivity index (χ4v) is 1.42. The van der Waals surface area contributed by atoms with Crippen molar-refractivity contribution in [2.75, 3.05) is 21.3 Å². The quantitative estimate of drug-likeness (QED) is 0.381. The molecule has 1 amide bonds. The van der Waals surface area contributed by atoms with Gasteiger partial charge in [-0.05, 0) is 12.1 Å². The Morgan fingerprint density at radius 2 is 1.71 bits per heavy atom. The SMILES string of the molecule is COC(=O)NN=Cc1cc(OC)c(OC(C)=O)c(OC)c1. The third kappa shape index (κ3) is 4.68. The molecule has 0 aliphatic rings. The number of ether oxygens (including phenoxy) is 4. The van der Waals surface area contributed by atoms with Gasteiger partial charge in [-0.25, -0.2) is 10.2 Å². The topological polar surface area (TPSA) is 95.5 Å². The van der Waals surface area contributed by atoms with Crippen molar-refractivity contribution in [1.82, 2.24) is 5.43 Å². The van der Waals surface area contributed by atoms with Gasteiger partial charge in [0.1, 0.15) is 0 Å². The van der Waals surface area contributed by atoms with Gasteiger partial charge in [-0.3, -0.25) is 4.79 Å². The minimum Gasteiger partial charge on any atom is -0.493 e. The van der Waals surface area contributed by atoms with Crippen molar-refractivity contribution in [3.8, 4) is 17.2 Å². The Morgan fingerprint density at radius 1 is 1.14 bits per heavy atom. The molecule has 21 heavy (non-hydrogen) atoms. The van der Waals surface area contributed by atoms with Crippen molar-refractivity contribution in [3.05, 3.63) is 17.7 Å². The monoisotopic (exact) mass is 296 g/mol. The van der Waals surface area contributed by atoms with Gasteiger partial charge in [0.15, 0.2) is 11.5 Å². The van der Waals surface area contributed by atoms with E-state index in [0.717, 1.165) is 0 Å². The van der Waals surface area contributed by atoms with E-state index in [4.69, 9.17) is 14.2 Å². The summed E-state index contributed by atoms with van der Waals surface area (Å²) >= 11 is 0. The molecular weight excluding hydrogens is 280 g/mol. The number of nitrogens with zero attached hydrogens (tertiary/aromatic N) is 1. The highest BCUT2D eigenvalue weighted by Crippen LogP contribution is 2.38. The minimum atomic E-state index is -0.693. The molecule has 8 nitrogen and oxygen atoms in total. The summed E-state index contributed by atoms with van der Waals surface area (Å²) in [6.07, 6.45) is 0.668. The van der Waals surface area contributed by atoms with Crippen LogP contribution in [0, 0.1) is 0 Å². The molecule has 0 atom stereocenters. The Labute approximate surface area is 121 Å². The van der Waals surface area contributed by atoms with Crippen molar-refractivity contribution in [3.63, 3.8) is 0 Å². The lowest BCUT2D eigenvalue weighted by atomic mass is 10.2. The van der Waals surface area contributed by atoms with E-state index < -0.39 is 12.1 Å². The fraction of sp³-hybridized carbons (Fsp3) is 0.308. The van der Waals surface area contributed by atoms with Crippen LogP contribution >= 0.6 is 0 Å². The van der Waals surface area contributed by atoms with Gasteiger partial charge < -0.3 is 18.9 Å². The average molecular weight is 296 g/mol. The number of esters is 1. The van der Waals surface area contributed by atoms with Crippen molar-refractivity contribution >= 4 is 18.3 Å². The number of rotatable bonds is 5. The van der Waals surface area contributed by atoms with Gasteiger partial charge in [0, 0.05) is 12.5 Å². The van der Waals surface area contributed by atoms with Crippen LogP contribution in [-0.4, -0.2) is 39.6 Å². The van der Waals surface area contributed by atoms with E-state index in [2.05, 4.69) is 15.3 Å². The van der Waals surface area contributed by atoms with Crippen LogP contribution in [0.2, 0.25) is 0 Å². The predicted octanol–water partition coefficient (Wildman–Crippen LogP) is 1.32. The van der Waals surface area contributed by atoms with Crippen LogP contribution < -0.4 is 19.6 Å². The maximum Gasteiger partial charge on any atom is 0.427 e. The first-order chi connectivity index (χ1) is 10.0. The van der Waals surface area contributed by atoms with E-state index in [-0.39, 0.29) is 5.75 Å². The number of hydrogen-bond acceptors (Lipinski definition) is 7. The highest BCUT2D eigenvalue weighted by molar-refractivity contribution is 5.84. The summed E-state index contributed by atoms with van der Waals surface area (Å²) < 4.78 is 19.7. The number of amides is 1. The molecule has 1 aromatic carbocycles. The molecular formula is C13H16N2O6. The number of hydrogen-bond donors (Lipinski definition) is 1. The van der Waals surface area contributed by atoms with Crippen molar-refractivity contribution in [2.45, 2.75) is 6.92 Å². The zero-order valence-electron chi connectivity index (χ0n) is 12.1. The number of carbonyl (C=O) groups is 2. The van der Waals surface area contributed by atoms with E-state index >= 15 is 0 Å². The van der Waals surface area contributed by atoms with Crippen LogP contribution in [0.25, 0.3) is 0 Å². The highest BCUT2D eigenvalue weighted by atomic mass is 16.6. The molecule has 8 heteroatoms. The Hall–Kier alpha value is -2.77. The minimum absolute atomic E-state index is 0.172. The lowest BCUT2D eigenvalue weighted by Gasteiger charge is -2.13. The number of nitrogens with one attached hydrogen (secondary N) is 1. The van der Waals surface area contributed by atoms with Crippen LogP contribution in [0.4, 0.5) is 4.79 Å². The third-order valence-electron chi connectivity index (χ3n) is 2.28. The highest BCUT2D eigenvalue weighted by Gasteiger charge is 2.15. The van der Waals surface area contributed by atoms with E-state index in [1.165, 1.54) is 34.5 Å². The zero-order valence-corrected chi connectivity index (χ0v) is 12.1. The van der Waals surface area contributed by atoms with Crippen molar-refractivity contribution in [2.24, 2.45) is 5.10 Å². The summed E-state index contributed by atoms with van der Waals surface area (Å²) in [5, 5.41) is 3.69. The summed E-state index contributed by atoms with van der Waals surface area (Å²) in [7, 11) is 4.08. The van der Waals surface area contributed by atoms with Gasteiger partial charge in [-0.1, -0.05) is 0 Å². The van der Waals surface area contributed by atoms with E-state index in [1.54, 1.807) is 12.1 Å². The zero-order chi connectivity index (χ0) is 15.8. The summed E-state index contributed by atoms with van der Waals surface area (Å²) in [5.74, 6) is 0.263. The Bertz CT molecular complexity index is 531. The third-order valence-corrected chi connectivity index (χ3v) is 2.28. The van der Waals surface area contributed by atoms with Gasteiger partial charge in [0.25, 0.3) is 0 Å². The van der Waals surface area contributed by atoms with Crippen LogP contribution in [0.1, 0.15) is 12.5 Å². The Balaban J connectivity index is 3.08. The van der Waals surface area contributed by atoms with Crippen LogP contribution in [0.3, 0.4) is 0 Å². The molecule has 0 bridgehead atoms. The first kappa shape index (κ1) is 16.3. The molecule has 0 aliphatic carbocycles. The van der Waals surface area contributed by atoms with Gasteiger partial charge in [0.2, 0.25) is 5.75 Å². The lowest BCUT2D eigenvalue weighted by molar-refractivity contribution is -0.132. The molecule has 0 saturated heterocycles. The van der Waals surface area contributed by atoms with Crippen LogP contribution in [0.15, 0.2) is 17.2 Å². The first-order valence-corrected chi connectivity index (χ1v) is 5.83. The fourth-order valence-electron chi connectivity index (χ4n) is 1.42. The molecule has 0 fully saturated rings. The molecule has 0 unspecified atom stereocenters. The van der Waals surface area contributed by atoms with Crippen LogP contribution in [-0.2, 0) is 9.53 Å². The average Bonchev–Trinajstić information content (AvgIpc) is 2.47. The summed E-state index contributed by atoms with van der Waals surface area (Å²) in [5.41, 5.74) is 2.71. The van der Waals surface area contributed by atoms with Gasteiger partial charge in [-0.15, -0.1) is 0 Å². The van der Waals surface area contributed by atoms with E-state index in [1.807, 2.05) is 0 Å². The molecule has 0 heterocycles. The number of hydrazone groups is 1. The normalized spacial score (nSPS) is 10.1. The molecule has 1 aromatic rings. The second-order valence-corrected chi connectivity index (χ2v) is 3.71. The van der Waals surface area contributed by atoms with Gasteiger partial charge in [0.05, 0.1) is 27.5 Å². The smallest absolute Gasteiger partial charge is 0.427 e. The number of carbonyl (C=O) groups excluding carboxylic acids is 2. The standard InChI is InChI=1S/C13H16N2O6/c1-8(16)21-12-10(18-2)5-9(6-11(12)19-3)7-14-15-13(17)20-4/h5-7H,1-4H3,(H,15,17).